The Kier molecular flexibility index (Phi) is 51.6. The number of carbonyl (C=O) groups is 2. The number of unbranched alkanes of at least 4 members (excludes halogenated alkanes) is 37. The molecule has 0 saturated carbocycles. The van der Waals surface area contributed by atoms with E-state index in [4.69, 9.17) is 15.6 Å². The van der Waals surface area contributed by atoms with Crippen LogP contribution in [0.4, 0.5) is 0 Å². The van der Waals surface area contributed by atoms with Gasteiger partial charge in [0.25, 0.3) is 0 Å². The quantitative estimate of drug-likeness (QED) is 0.0319. The van der Waals surface area contributed by atoms with Crippen LogP contribution in [0.3, 0.4) is 0 Å². The highest BCUT2D eigenvalue weighted by molar-refractivity contribution is 5.69. The minimum atomic E-state index is -0.670. The average Bonchev–Trinajstić information content (AvgIpc) is 3.27. The Labute approximate surface area is 393 Å². The molecule has 0 fully saturated rings. The van der Waals surface area contributed by atoms with Crippen molar-refractivity contribution in [3.63, 3.8) is 0 Å². The third-order valence-corrected chi connectivity index (χ3v) is 13.1. The molecule has 0 amide bonds. The lowest BCUT2D eigenvalue weighted by Crippen LogP contribution is -2.43. The summed E-state index contributed by atoms with van der Waals surface area (Å²) >= 11 is 0. The first kappa shape index (κ1) is 61.3. The highest BCUT2D eigenvalue weighted by Crippen LogP contribution is 2.16. The molecule has 4 N–H and O–H groups in total. The van der Waals surface area contributed by atoms with Gasteiger partial charge in [-0.1, -0.05) is 224 Å². The van der Waals surface area contributed by atoms with Crippen molar-refractivity contribution in [1.82, 2.24) is 5.32 Å². The van der Waals surface area contributed by atoms with E-state index in [-0.39, 0.29) is 12.0 Å². The molecule has 0 aromatic carbocycles. The molecule has 2 unspecified atom stereocenters. The maximum atomic E-state index is 12.1. The molecular formula is C57H110N2O4. The topological polar surface area (TPSA) is 102 Å². The van der Waals surface area contributed by atoms with E-state index >= 15 is 0 Å². The fraction of sp³-hybridized carbons (Fsp3) is 0.895. The molecule has 6 nitrogen and oxygen atoms in total. The lowest BCUT2D eigenvalue weighted by atomic mass is 10.0. The van der Waals surface area contributed by atoms with Crippen molar-refractivity contribution in [3.05, 3.63) is 24.3 Å². The molecule has 0 bridgehead atoms. The van der Waals surface area contributed by atoms with Crippen LogP contribution in [0.5, 0.6) is 0 Å². The molecule has 2 atom stereocenters. The van der Waals surface area contributed by atoms with Crippen molar-refractivity contribution in [2.24, 2.45) is 5.73 Å². The first-order valence-electron chi connectivity index (χ1n) is 28.1. The molecule has 0 aliphatic rings. The Morgan fingerprint density at radius 1 is 0.460 bits per heavy atom. The second-order valence-corrected chi connectivity index (χ2v) is 19.5. The molecule has 0 spiro atoms. The van der Waals surface area contributed by atoms with Crippen LogP contribution in [0, 0.1) is 0 Å². The lowest BCUT2D eigenvalue weighted by molar-refractivity contribution is -0.144. The highest BCUT2D eigenvalue weighted by Gasteiger charge is 2.12. The second-order valence-electron chi connectivity index (χ2n) is 19.5. The van der Waals surface area contributed by atoms with Gasteiger partial charge < -0.3 is 20.9 Å². The fourth-order valence-electron chi connectivity index (χ4n) is 8.78. The van der Waals surface area contributed by atoms with Gasteiger partial charge in [0.15, 0.2) is 0 Å². The van der Waals surface area contributed by atoms with Gasteiger partial charge in [0, 0.05) is 24.9 Å². The molecule has 63 heavy (non-hydrogen) atoms. The highest BCUT2D eigenvalue weighted by atomic mass is 16.5. The number of hydrogen-bond donors (Lipinski definition) is 3. The Hall–Kier alpha value is -1.66. The minimum Gasteiger partial charge on any atom is -0.481 e. The molecule has 0 aliphatic carbocycles. The summed E-state index contributed by atoms with van der Waals surface area (Å²) in [7, 11) is 0. The third kappa shape index (κ3) is 52.8. The Morgan fingerprint density at radius 3 is 1.19 bits per heavy atom. The first-order chi connectivity index (χ1) is 31.0. The summed E-state index contributed by atoms with van der Waals surface area (Å²) in [5.41, 5.74) is 6.33. The first-order valence-corrected chi connectivity index (χ1v) is 28.1. The molecule has 372 valence electrons. The van der Waals surface area contributed by atoms with Crippen molar-refractivity contribution in [1.29, 1.82) is 0 Å². The molecule has 0 radical (unpaired) electrons. The van der Waals surface area contributed by atoms with Gasteiger partial charge in [-0.15, -0.1) is 0 Å². The number of nitrogens with two attached hydrogens (primary N) is 1. The minimum absolute atomic E-state index is 0.00870. The second kappa shape index (κ2) is 53.0. The molecule has 0 saturated heterocycles. The molecule has 0 aliphatic heterocycles. The number of esters is 1. The van der Waals surface area contributed by atoms with E-state index in [1.807, 2.05) is 0 Å². The zero-order valence-corrected chi connectivity index (χ0v) is 42.4. The lowest BCUT2D eigenvalue weighted by Gasteiger charge is -2.22. The number of rotatable bonds is 53. The average molecular weight is 888 g/mol. The van der Waals surface area contributed by atoms with Crippen LogP contribution in [0.15, 0.2) is 24.3 Å². The Bertz CT molecular complexity index is 981. The Balaban J connectivity index is 3.41. The van der Waals surface area contributed by atoms with Crippen molar-refractivity contribution >= 4 is 11.9 Å². The van der Waals surface area contributed by atoms with E-state index in [9.17, 15) is 9.59 Å². The predicted octanol–water partition coefficient (Wildman–Crippen LogP) is 17.6. The van der Waals surface area contributed by atoms with Crippen molar-refractivity contribution in [2.75, 3.05) is 13.2 Å². The predicted molar refractivity (Wildman–Crippen MR) is 276 cm³/mol. The van der Waals surface area contributed by atoms with E-state index in [1.54, 1.807) is 0 Å². The van der Waals surface area contributed by atoms with Crippen LogP contribution in [0.1, 0.15) is 303 Å². The molecular weight excluding hydrogens is 777 g/mol. The maximum Gasteiger partial charge on any atom is 0.305 e. The van der Waals surface area contributed by atoms with Crippen LogP contribution in [-0.2, 0) is 14.3 Å². The van der Waals surface area contributed by atoms with E-state index in [0.717, 1.165) is 51.5 Å². The molecule has 6 heteroatoms. The van der Waals surface area contributed by atoms with Crippen LogP contribution in [0.25, 0.3) is 0 Å². The van der Waals surface area contributed by atoms with Crippen LogP contribution < -0.4 is 11.1 Å². The normalized spacial score (nSPS) is 12.8. The number of carbonyl (C=O) groups excluding carboxylic acids is 1. The number of nitrogens with one attached hydrogen (secondary N) is 1. The number of carboxylic acids is 1. The fourth-order valence-corrected chi connectivity index (χ4v) is 8.78. The Morgan fingerprint density at radius 2 is 0.794 bits per heavy atom. The van der Waals surface area contributed by atoms with Gasteiger partial charge in [-0.25, -0.2) is 0 Å². The standard InChI is InChI=1S/C57H110N2O4/c1-3-4-5-6-7-8-9-10-11-18-23-28-33-38-43-48-53-63-57(62)51-46-41-36-31-26-21-16-13-17-22-27-32-37-42-47-52-59-55(54(2)58)49-44-39-34-29-24-19-14-12-15-20-25-30-35-40-45-50-56(60)61/h12-13,15-16,54-55,59H,3-11,14,17-53,58H2,1-2H3,(H,60,61)/b15-12-,16-13-. The van der Waals surface area contributed by atoms with Crippen LogP contribution >= 0.6 is 0 Å². The maximum absolute atomic E-state index is 12.1. The number of hydrogen-bond acceptors (Lipinski definition) is 5. The zero-order valence-electron chi connectivity index (χ0n) is 42.4. The van der Waals surface area contributed by atoms with Gasteiger partial charge in [-0.3, -0.25) is 9.59 Å². The SMILES string of the molecule is CCCCCCCCCCCCCCCCCCOC(=O)CCCCCCC/C=C\CCCCCCCCNC(CCCCCCCC/C=C\CCCCCCCC(=O)O)C(C)N. The van der Waals surface area contributed by atoms with E-state index in [1.165, 1.54) is 231 Å². The van der Waals surface area contributed by atoms with E-state index in [0.29, 0.717) is 25.5 Å². The van der Waals surface area contributed by atoms with E-state index < -0.39 is 5.97 Å². The largest absolute Gasteiger partial charge is 0.481 e. The number of allylic oxidation sites excluding steroid dienone is 4. The molecule has 0 heterocycles. The number of ether oxygens (including phenoxy) is 1. The molecule has 0 rings (SSSR count). The monoisotopic (exact) mass is 887 g/mol. The van der Waals surface area contributed by atoms with Crippen molar-refractivity contribution < 1.29 is 19.4 Å². The summed E-state index contributed by atoms with van der Waals surface area (Å²) in [6, 6.07) is 0.665. The summed E-state index contributed by atoms with van der Waals surface area (Å²) in [5.74, 6) is -0.661. The van der Waals surface area contributed by atoms with Crippen LogP contribution in [-0.4, -0.2) is 42.3 Å². The molecule has 0 aromatic heterocycles. The molecule has 0 aromatic rings. The number of carboxylic acid groups (broad SMARTS) is 1. The smallest absolute Gasteiger partial charge is 0.305 e. The third-order valence-electron chi connectivity index (χ3n) is 13.1. The van der Waals surface area contributed by atoms with Crippen molar-refractivity contribution in [2.45, 2.75) is 315 Å². The summed E-state index contributed by atoms with van der Waals surface area (Å²) in [5, 5.41) is 12.5. The van der Waals surface area contributed by atoms with Gasteiger partial charge in [0.05, 0.1) is 6.61 Å². The van der Waals surface area contributed by atoms with Gasteiger partial charge in [0.1, 0.15) is 0 Å². The van der Waals surface area contributed by atoms with Gasteiger partial charge in [0.2, 0.25) is 0 Å². The van der Waals surface area contributed by atoms with Gasteiger partial charge in [-0.05, 0) is 96.9 Å². The van der Waals surface area contributed by atoms with Gasteiger partial charge in [-0.2, -0.15) is 0 Å². The summed E-state index contributed by atoms with van der Waals surface area (Å²) in [6.45, 7) is 6.16. The zero-order chi connectivity index (χ0) is 45.8. The summed E-state index contributed by atoms with van der Waals surface area (Å²) in [4.78, 5) is 22.6. The van der Waals surface area contributed by atoms with Crippen LogP contribution in [0.2, 0.25) is 0 Å². The summed E-state index contributed by atoms with van der Waals surface area (Å²) < 4.78 is 5.48. The summed E-state index contributed by atoms with van der Waals surface area (Å²) in [6.07, 6.45) is 65.5. The van der Waals surface area contributed by atoms with E-state index in [2.05, 4.69) is 43.5 Å². The van der Waals surface area contributed by atoms with Crippen molar-refractivity contribution in [3.8, 4) is 0 Å². The van der Waals surface area contributed by atoms with Gasteiger partial charge >= 0.3 is 11.9 Å². The number of aliphatic carboxylic acids is 1.